The average molecular weight is 219 g/mol. The van der Waals surface area contributed by atoms with Crippen LogP contribution in [0.5, 0.6) is 5.75 Å². The summed E-state index contributed by atoms with van der Waals surface area (Å²) in [6.45, 7) is 10.9. The Hall–Kier alpha value is -0.980. The van der Waals surface area contributed by atoms with Gasteiger partial charge in [-0.15, -0.1) is 0 Å². The van der Waals surface area contributed by atoms with Gasteiger partial charge in [0.1, 0.15) is 5.75 Å². The molecule has 1 heteroatoms. The van der Waals surface area contributed by atoms with Crippen LogP contribution in [0.1, 0.15) is 53.0 Å². The molecule has 0 amide bonds. The summed E-state index contributed by atoms with van der Waals surface area (Å²) in [5.41, 5.74) is 1.55. The molecule has 1 atom stereocenters. The molecule has 0 aliphatic heterocycles. The maximum absolute atomic E-state index is 5.71. The maximum atomic E-state index is 5.71. The largest absolute Gasteiger partial charge is 0.490 e. The van der Waals surface area contributed by atoms with E-state index in [-0.39, 0.29) is 11.5 Å². The molecule has 1 unspecified atom stereocenters. The highest BCUT2D eigenvalue weighted by Crippen LogP contribution is 2.28. The summed E-state index contributed by atoms with van der Waals surface area (Å²) < 4.78 is 5.71. The first-order chi connectivity index (χ1) is 7.49. The molecular formula is C15H23O. The Kier molecular flexibility index (Phi) is 4.40. The van der Waals surface area contributed by atoms with E-state index in [4.69, 9.17) is 4.74 Å². The van der Waals surface area contributed by atoms with Crippen LogP contribution in [0.25, 0.3) is 0 Å². The minimum Gasteiger partial charge on any atom is -0.490 e. The van der Waals surface area contributed by atoms with Gasteiger partial charge in [-0.25, -0.2) is 0 Å². The SMILES string of the molecule is CCC(C)Oc1[c]cc(C(C)(C)CC)cc1. The van der Waals surface area contributed by atoms with Crippen LogP contribution in [-0.2, 0) is 5.41 Å². The van der Waals surface area contributed by atoms with E-state index in [0.29, 0.717) is 0 Å². The van der Waals surface area contributed by atoms with E-state index in [1.165, 1.54) is 5.56 Å². The monoisotopic (exact) mass is 219 g/mol. The van der Waals surface area contributed by atoms with Gasteiger partial charge < -0.3 is 4.74 Å². The summed E-state index contributed by atoms with van der Waals surface area (Å²) in [6.07, 6.45) is 2.42. The zero-order chi connectivity index (χ0) is 12.2. The summed E-state index contributed by atoms with van der Waals surface area (Å²) in [5, 5.41) is 0. The molecule has 0 saturated carbocycles. The van der Waals surface area contributed by atoms with E-state index in [9.17, 15) is 0 Å². The van der Waals surface area contributed by atoms with Crippen molar-refractivity contribution >= 4 is 0 Å². The van der Waals surface area contributed by atoms with Crippen molar-refractivity contribution < 1.29 is 4.74 Å². The van der Waals surface area contributed by atoms with Crippen LogP contribution in [0.3, 0.4) is 0 Å². The predicted octanol–water partition coefficient (Wildman–Crippen LogP) is 4.35. The summed E-state index contributed by atoms with van der Waals surface area (Å²) in [6, 6.07) is 9.45. The van der Waals surface area contributed by atoms with Crippen molar-refractivity contribution in [1.82, 2.24) is 0 Å². The molecule has 0 N–H and O–H groups in total. The van der Waals surface area contributed by atoms with Crippen LogP contribution < -0.4 is 4.74 Å². The minimum atomic E-state index is 0.228. The Morgan fingerprint density at radius 1 is 1.31 bits per heavy atom. The van der Waals surface area contributed by atoms with Gasteiger partial charge in [0.25, 0.3) is 0 Å². The highest BCUT2D eigenvalue weighted by atomic mass is 16.5. The molecule has 0 bridgehead atoms. The molecule has 1 nitrogen and oxygen atoms in total. The summed E-state index contributed by atoms with van der Waals surface area (Å²) >= 11 is 0. The number of hydrogen-bond acceptors (Lipinski definition) is 1. The number of ether oxygens (including phenoxy) is 1. The summed E-state index contributed by atoms with van der Waals surface area (Å²) in [4.78, 5) is 0. The number of benzene rings is 1. The van der Waals surface area contributed by atoms with Gasteiger partial charge >= 0.3 is 0 Å². The molecule has 1 rings (SSSR count). The first-order valence-electron chi connectivity index (χ1n) is 6.18. The normalized spacial score (nSPS) is 13.6. The Morgan fingerprint density at radius 2 is 2.00 bits per heavy atom. The van der Waals surface area contributed by atoms with Crippen molar-refractivity contribution in [1.29, 1.82) is 0 Å². The lowest BCUT2D eigenvalue weighted by atomic mass is 9.82. The standard InChI is InChI=1S/C15H23O/c1-6-12(3)16-14-10-8-13(9-11-14)15(4,5)7-2/h8-10,12H,6-7H2,1-5H3. The third-order valence-corrected chi connectivity index (χ3v) is 3.35. The molecule has 0 aliphatic rings. The van der Waals surface area contributed by atoms with Gasteiger partial charge in [0.05, 0.1) is 6.10 Å². The smallest absolute Gasteiger partial charge is 0.127 e. The molecule has 0 saturated heterocycles. The van der Waals surface area contributed by atoms with Gasteiger partial charge in [0, 0.05) is 6.07 Å². The molecule has 1 aromatic carbocycles. The van der Waals surface area contributed by atoms with Crippen molar-refractivity contribution in [2.24, 2.45) is 0 Å². The van der Waals surface area contributed by atoms with E-state index in [0.717, 1.165) is 18.6 Å². The van der Waals surface area contributed by atoms with Crippen LogP contribution in [0.2, 0.25) is 0 Å². The van der Waals surface area contributed by atoms with Crippen molar-refractivity contribution in [3.05, 3.63) is 29.8 Å². The number of hydrogen-bond donors (Lipinski definition) is 0. The van der Waals surface area contributed by atoms with E-state index < -0.39 is 0 Å². The third-order valence-electron chi connectivity index (χ3n) is 3.35. The number of rotatable bonds is 5. The molecule has 1 aromatic rings. The highest BCUT2D eigenvalue weighted by Gasteiger charge is 2.17. The second-order valence-corrected chi connectivity index (χ2v) is 5.02. The van der Waals surface area contributed by atoms with E-state index in [1.54, 1.807) is 0 Å². The van der Waals surface area contributed by atoms with Gasteiger partial charge in [-0.05, 0) is 42.9 Å². The highest BCUT2D eigenvalue weighted by molar-refractivity contribution is 5.30. The Bertz CT molecular complexity index is 311. The second-order valence-electron chi connectivity index (χ2n) is 5.02. The fourth-order valence-electron chi connectivity index (χ4n) is 1.41. The van der Waals surface area contributed by atoms with E-state index in [1.807, 2.05) is 6.07 Å². The summed E-state index contributed by atoms with van der Waals surface area (Å²) in [7, 11) is 0. The maximum Gasteiger partial charge on any atom is 0.127 e. The van der Waals surface area contributed by atoms with Crippen LogP contribution >= 0.6 is 0 Å². The van der Waals surface area contributed by atoms with Gasteiger partial charge in [0.15, 0.2) is 0 Å². The van der Waals surface area contributed by atoms with Crippen LogP contribution in [-0.4, -0.2) is 6.10 Å². The van der Waals surface area contributed by atoms with Gasteiger partial charge in [-0.1, -0.05) is 33.8 Å². The zero-order valence-electron chi connectivity index (χ0n) is 11.1. The van der Waals surface area contributed by atoms with Gasteiger partial charge in [-0.2, -0.15) is 0 Å². The van der Waals surface area contributed by atoms with E-state index in [2.05, 4.69) is 52.8 Å². The van der Waals surface area contributed by atoms with Crippen molar-refractivity contribution in [3.8, 4) is 5.75 Å². The lowest BCUT2D eigenvalue weighted by molar-refractivity contribution is 0.217. The fraction of sp³-hybridized carbons (Fsp3) is 0.600. The molecule has 1 radical (unpaired) electrons. The van der Waals surface area contributed by atoms with Crippen molar-refractivity contribution in [2.75, 3.05) is 0 Å². The fourth-order valence-corrected chi connectivity index (χ4v) is 1.41. The first kappa shape index (κ1) is 13.1. The molecule has 16 heavy (non-hydrogen) atoms. The average Bonchev–Trinajstić information content (AvgIpc) is 2.29. The lowest BCUT2D eigenvalue weighted by Crippen LogP contribution is -2.15. The lowest BCUT2D eigenvalue weighted by Gasteiger charge is -2.23. The van der Waals surface area contributed by atoms with Gasteiger partial charge in [-0.3, -0.25) is 0 Å². The molecular weight excluding hydrogens is 196 g/mol. The Balaban J connectivity index is 2.75. The summed E-state index contributed by atoms with van der Waals surface area (Å²) in [5.74, 6) is 0.852. The Labute approximate surface area is 99.8 Å². The van der Waals surface area contributed by atoms with Crippen LogP contribution in [0.15, 0.2) is 18.2 Å². The van der Waals surface area contributed by atoms with E-state index >= 15 is 0 Å². The van der Waals surface area contributed by atoms with Gasteiger partial charge in [0.2, 0.25) is 0 Å². The molecule has 89 valence electrons. The van der Waals surface area contributed by atoms with Crippen LogP contribution in [0, 0.1) is 6.07 Å². The van der Waals surface area contributed by atoms with Crippen LogP contribution in [0.4, 0.5) is 0 Å². The second kappa shape index (κ2) is 5.38. The first-order valence-corrected chi connectivity index (χ1v) is 6.18. The zero-order valence-corrected chi connectivity index (χ0v) is 11.1. The third kappa shape index (κ3) is 3.26. The predicted molar refractivity (Wildman–Crippen MR) is 69.0 cm³/mol. The van der Waals surface area contributed by atoms with Crippen molar-refractivity contribution in [3.63, 3.8) is 0 Å². The topological polar surface area (TPSA) is 9.23 Å². The molecule has 0 spiro atoms. The molecule has 0 fully saturated rings. The quantitative estimate of drug-likeness (QED) is 0.715. The minimum absolute atomic E-state index is 0.228. The van der Waals surface area contributed by atoms with Crippen molar-refractivity contribution in [2.45, 2.75) is 59.0 Å². The molecule has 0 heterocycles. The molecule has 0 aliphatic carbocycles. The molecule has 0 aromatic heterocycles. The Morgan fingerprint density at radius 3 is 2.44 bits per heavy atom.